The van der Waals surface area contributed by atoms with E-state index in [2.05, 4.69) is 76.9 Å². The number of pyridine rings is 2. The van der Waals surface area contributed by atoms with Crippen molar-refractivity contribution in [1.29, 1.82) is 5.26 Å². The number of halogens is 7. The van der Waals surface area contributed by atoms with Gasteiger partial charge in [-0.25, -0.2) is 22.8 Å². The van der Waals surface area contributed by atoms with Crippen molar-refractivity contribution >= 4 is 169 Å². The number of rotatable bonds is 27. The summed E-state index contributed by atoms with van der Waals surface area (Å²) in [5.41, 5.74) is 7.86. The van der Waals surface area contributed by atoms with Crippen LogP contribution in [0.25, 0.3) is 11.1 Å². The lowest BCUT2D eigenvalue weighted by atomic mass is 9.91. The molecule has 0 bridgehead atoms. The molecule has 0 saturated heterocycles. The highest BCUT2D eigenvalue weighted by Gasteiger charge is 2.36. The number of esters is 2. The number of nitro groups is 4. The van der Waals surface area contributed by atoms with Gasteiger partial charge in [-0.2, -0.15) is 5.26 Å². The SMILES string of the molecule is C.C.C.C.C=COCC.CC(=O)Cl.CC(=O)OCC(c1ccc([N+](=O)[O-])cc1)c1ccc([N+](=O)[O-])cc1.CC(=O)OCCc1ccncc1.CC(C)(CC#N)OCl.CC1=C([N+](=O)[O-])CN(C(C)C)C1=O.CS(=O)(=O)Cl.O=C(Cl)OCC1c2ccccc2-c2ccccc21.O=C(Cl)OCc1ccccc1.O=C(Cl)c1cccnc1.O=C(OCCc1ccccc1)Oc1ccc([N+](=O)[O-])cc1.O=P(Cl)(c1ccccc1)c1ccccc1. The number of carbonyl (C=O) groups excluding carboxylic acids is 8. The Balaban J connectivity index is -0.00000160. The lowest BCUT2D eigenvalue weighted by molar-refractivity contribution is -0.427. The molecule has 3 heterocycles. The van der Waals surface area contributed by atoms with Crippen LogP contribution in [0.15, 0.2) is 316 Å². The van der Waals surface area contributed by atoms with Crippen LogP contribution in [0, 0.1) is 51.8 Å². The molecule has 802 valence electrons. The highest BCUT2D eigenvalue weighted by molar-refractivity contribution is 8.13. The van der Waals surface area contributed by atoms with Gasteiger partial charge in [0.1, 0.15) is 32.1 Å². The number of nitrogens with zero attached hydrogens (tertiary/aromatic N) is 8. The quantitative estimate of drug-likeness (QED) is 0.00674. The Morgan fingerprint density at radius 1 is 0.564 bits per heavy atom. The van der Waals surface area contributed by atoms with Gasteiger partial charge in [-0.05, 0) is 162 Å². The minimum absolute atomic E-state index is 0. The van der Waals surface area contributed by atoms with Crippen molar-refractivity contribution in [2.45, 2.75) is 141 Å². The van der Waals surface area contributed by atoms with Crippen LogP contribution in [0.4, 0.5) is 31.4 Å². The number of benzene rings is 9. The Labute approximate surface area is 902 Å². The Morgan fingerprint density at radius 2 is 0.960 bits per heavy atom. The van der Waals surface area contributed by atoms with Gasteiger partial charge in [0, 0.05) is 157 Å². The van der Waals surface area contributed by atoms with Gasteiger partial charge in [0.25, 0.3) is 33.9 Å². The first-order valence-corrected chi connectivity index (χ1v) is 50.0. The van der Waals surface area contributed by atoms with E-state index in [1.165, 1.54) is 116 Å². The fraction of sp³-hybridized carbons (Fsp3) is 0.267. The van der Waals surface area contributed by atoms with Crippen molar-refractivity contribution < 1.29 is 108 Å². The molecule has 9 aromatic carbocycles. The van der Waals surface area contributed by atoms with Crippen molar-refractivity contribution in [3.8, 4) is 22.9 Å². The first-order chi connectivity index (χ1) is 68.6. The second-order valence-electron chi connectivity index (χ2n) is 30.0. The van der Waals surface area contributed by atoms with Crippen LogP contribution in [0.1, 0.15) is 160 Å². The molecule has 1 aliphatic carbocycles. The molecule has 0 spiro atoms. The summed E-state index contributed by atoms with van der Waals surface area (Å²) in [7, 11) is 1.31. The maximum Gasteiger partial charge on any atom is 0.513 e. The zero-order valence-electron chi connectivity index (χ0n) is 79.9. The van der Waals surface area contributed by atoms with Crippen LogP contribution < -0.4 is 15.3 Å². The van der Waals surface area contributed by atoms with E-state index in [9.17, 15) is 91.8 Å². The number of nitro benzene ring substituents is 3. The second-order valence-corrected chi connectivity index (χ2v) is 38.2. The highest BCUT2D eigenvalue weighted by Crippen LogP contribution is 2.49. The fourth-order valence-corrected chi connectivity index (χ4v) is 13.9. The summed E-state index contributed by atoms with van der Waals surface area (Å²) in [6, 6.07) is 79.6. The molecule has 1 amide bonds. The van der Waals surface area contributed by atoms with Crippen LogP contribution in [0.5, 0.6) is 5.75 Å². The van der Waals surface area contributed by atoms with E-state index in [0.29, 0.717) is 46.7 Å². The summed E-state index contributed by atoms with van der Waals surface area (Å²) in [5.74, 6) is -1.00. The van der Waals surface area contributed by atoms with E-state index in [1.54, 1.807) is 93.1 Å². The molecule has 0 fully saturated rings. The van der Waals surface area contributed by atoms with Crippen molar-refractivity contribution in [2.24, 2.45) is 0 Å². The van der Waals surface area contributed by atoms with E-state index < -0.39 is 69.1 Å². The molecule has 0 unspecified atom stereocenters. The highest BCUT2D eigenvalue weighted by atomic mass is 35.7. The van der Waals surface area contributed by atoms with Gasteiger partial charge in [-0.3, -0.25) is 83.3 Å². The number of carbonyl (C=O) groups is 8. The Kier molecular flexibility index (Phi) is 71.2. The minimum Gasteiger partial charge on any atom is -0.502 e. The van der Waals surface area contributed by atoms with E-state index in [0.717, 1.165) is 36.0 Å². The molecular formula is C105H120Cl7N8O27PS. The van der Waals surface area contributed by atoms with E-state index in [4.69, 9.17) is 86.9 Å². The zero-order chi connectivity index (χ0) is 109. The number of aromatic nitrogens is 2. The number of nitriles is 1. The van der Waals surface area contributed by atoms with Crippen LogP contribution in [0.3, 0.4) is 0 Å². The maximum atomic E-state index is 12.4. The average molecular weight is 2240 g/mol. The molecule has 149 heavy (non-hydrogen) atoms. The van der Waals surface area contributed by atoms with Crippen molar-refractivity contribution in [3.63, 3.8) is 0 Å². The molecular weight excluding hydrogens is 2120 g/mol. The minimum atomic E-state index is -3.19. The Bertz CT molecular complexity index is 6030. The third-order valence-corrected chi connectivity index (χ3v) is 22.3. The number of ether oxygens (including phenoxy) is 7. The Hall–Kier alpha value is -14.2. The smallest absolute Gasteiger partial charge is 0.502 e. The first-order valence-electron chi connectivity index (χ1n) is 42.9. The van der Waals surface area contributed by atoms with Gasteiger partial charge in [-0.1, -0.05) is 230 Å². The molecule has 1 aliphatic heterocycles. The third-order valence-electron chi connectivity index (χ3n) is 18.4. The summed E-state index contributed by atoms with van der Waals surface area (Å²) in [6.07, 6.45) is 9.65. The summed E-state index contributed by atoms with van der Waals surface area (Å²) in [6.45, 7) is 17.1. The van der Waals surface area contributed by atoms with Crippen LogP contribution in [-0.4, -0.2) is 146 Å². The molecule has 44 heteroatoms. The Morgan fingerprint density at radius 3 is 1.29 bits per heavy atom. The van der Waals surface area contributed by atoms with Crippen molar-refractivity contribution in [3.05, 3.63) is 401 Å². The predicted molar refractivity (Wildman–Crippen MR) is 582 cm³/mol. The first kappa shape index (κ1) is 139. The molecule has 2 aromatic heterocycles. The summed E-state index contributed by atoms with van der Waals surface area (Å²) >= 11 is 31.1. The van der Waals surface area contributed by atoms with Crippen LogP contribution in [-0.2, 0) is 85.0 Å². The van der Waals surface area contributed by atoms with Crippen LogP contribution in [0.2, 0.25) is 0 Å². The number of fused-ring (bicyclic) bond motifs is 3. The molecule has 35 nitrogen and oxygen atoms in total. The lowest BCUT2D eigenvalue weighted by Crippen LogP contribution is -2.33. The van der Waals surface area contributed by atoms with Gasteiger partial charge in [0.2, 0.25) is 20.8 Å². The molecule has 2 aliphatic rings. The van der Waals surface area contributed by atoms with E-state index in [1.807, 2.05) is 160 Å². The summed E-state index contributed by atoms with van der Waals surface area (Å²) in [4.78, 5) is 134. The average Bonchev–Trinajstić information content (AvgIpc) is 1.61. The van der Waals surface area contributed by atoms with Gasteiger partial charge >= 0.3 is 29.0 Å². The van der Waals surface area contributed by atoms with Gasteiger partial charge in [0.15, 0.2) is 0 Å². The van der Waals surface area contributed by atoms with Gasteiger partial charge in [0.05, 0.1) is 93.1 Å². The summed E-state index contributed by atoms with van der Waals surface area (Å²) in [5, 5.41) is 51.1. The molecule has 13 rings (SSSR count). The number of non-ortho nitro benzene ring substituents is 3. The molecule has 0 radical (unpaired) electrons. The van der Waals surface area contributed by atoms with Crippen LogP contribution >= 0.6 is 86.7 Å². The predicted octanol–water partition coefficient (Wildman–Crippen LogP) is 26.4. The van der Waals surface area contributed by atoms with Crippen molar-refractivity contribution in [2.75, 3.05) is 45.8 Å². The summed E-state index contributed by atoms with van der Waals surface area (Å²) < 4.78 is 69.4. The molecule has 0 atom stereocenters. The monoisotopic (exact) mass is 2230 g/mol. The van der Waals surface area contributed by atoms with Gasteiger partial charge in [-0.15, -0.1) is 0 Å². The molecule has 0 N–H and O–H groups in total. The normalized spacial score (nSPS) is 10.6. The molecule has 11 aromatic rings. The number of amides is 1. The fourth-order valence-electron chi connectivity index (χ4n) is 11.6. The maximum absolute atomic E-state index is 12.4. The lowest BCUT2D eigenvalue weighted by Gasteiger charge is -2.19. The standard InChI is InChI=1S/C16H14N2O6.C15H11ClO2.C15H13NO5.C12H10ClOP.C9H11NO2.C8H7ClO2.C8H12N2O3.C6H4ClNO.C5H8ClNO.C4H8O.C2H3ClO.CH3ClO2S.4CH4/c1-11(19)24-10-16(12-2-6-14(7-3-12)17(20)21)13-4-8-15(9-5-13)18(22)23;16-15(17)18-9-14-12-7-3-1-5-10(12)11-6-2-4-8-13(11)14;17-15(20-11-10-12-4-2-1-3-5-12)21-14-8-6-13(7-9-14)16(18)19;13-15(14,11-7-3-1-4-8-11)12-9-5-2-6-10-12;1-8(11)12-7-4-9-2-5-10-6-3-9;9-8(10)11-6-7-4-2-1-3-5-7;1-5(2)9-4-7(10(12)13)6(3)8(9)11;7-6(9)5-2-1-3-8-4-5;1-5(2,8-6)3-4-7;1-3-5-4-2;1-2(3)4;1-5(2,3)4;;;;/h2-9,16H,10H2,1H3;1-8,14H,9H2;1-9H,10-11H2;1-10H;2-3,5-6H,4,7H2,1H3;1-5H,6H2;5H,4H2,1-3H3;1-4H;3H2,1-2H3;3H,1,4H2,2H3;1H3;1H3;4*1H4. The van der Waals surface area contributed by atoms with Gasteiger partial charge < -0.3 is 38.1 Å². The largest absolute Gasteiger partial charge is 0.513 e. The zero-order valence-corrected chi connectivity index (χ0v) is 86.9. The second kappa shape index (κ2) is 76.3. The topological polar surface area (TPSA) is 487 Å². The van der Waals surface area contributed by atoms with E-state index >= 15 is 0 Å². The number of hydrogen-bond acceptors (Lipinski definition) is 30. The third kappa shape index (κ3) is 59.4. The van der Waals surface area contributed by atoms with E-state index in [-0.39, 0.29) is 132 Å². The van der Waals surface area contributed by atoms with Crippen molar-refractivity contribution in [1.82, 2.24) is 14.9 Å². The molecule has 0 saturated carbocycles. The number of hydrogen-bond donors (Lipinski definition) is 0.